The first-order valence-corrected chi connectivity index (χ1v) is 10.2. The highest BCUT2D eigenvalue weighted by atomic mass is 16.5. The molecule has 1 fully saturated rings. The predicted molar refractivity (Wildman–Crippen MR) is 115 cm³/mol. The van der Waals surface area contributed by atoms with Gasteiger partial charge in [-0.3, -0.25) is 0 Å². The number of hydrogen-bond acceptors (Lipinski definition) is 4. The first-order valence-electron chi connectivity index (χ1n) is 10.2. The number of methoxy groups -OCH3 is 1. The molecule has 3 N–H and O–H groups in total. The Bertz CT molecular complexity index is 900. The summed E-state index contributed by atoms with van der Waals surface area (Å²) < 4.78 is 11.7. The second-order valence-electron chi connectivity index (χ2n) is 7.38. The topological polar surface area (TPSA) is 58.3 Å². The zero-order chi connectivity index (χ0) is 19.2. The molecule has 1 saturated carbocycles. The van der Waals surface area contributed by atoms with E-state index >= 15 is 0 Å². The van der Waals surface area contributed by atoms with Crippen LogP contribution in [0.2, 0.25) is 0 Å². The average Bonchev–Trinajstić information content (AvgIpc) is 3.20. The van der Waals surface area contributed by atoms with Gasteiger partial charge in [0.1, 0.15) is 6.61 Å². The maximum atomic E-state index is 6.02. The zero-order valence-corrected chi connectivity index (χ0v) is 16.5. The molecule has 148 valence electrons. The molecule has 4 rings (SSSR count). The summed E-state index contributed by atoms with van der Waals surface area (Å²) >= 11 is 0. The Morgan fingerprint density at radius 1 is 1.07 bits per heavy atom. The van der Waals surface area contributed by atoms with Gasteiger partial charge in [0.05, 0.1) is 12.8 Å². The Morgan fingerprint density at radius 2 is 1.96 bits per heavy atom. The highest BCUT2D eigenvalue weighted by Gasteiger charge is 2.13. The number of hydrogen-bond donors (Lipinski definition) is 3. The minimum atomic E-state index is 0.631. The molecule has 1 heterocycles. The number of rotatable bonds is 8. The van der Waals surface area contributed by atoms with Crippen LogP contribution < -0.4 is 20.1 Å². The Morgan fingerprint density at radius 3 is 2.82 bits per heavy atom. The largest absolute Gasteiger partial charge is 0.491 e. The van der Waals surface area contributed by atoms with Crippen molar-refractivity contribution in [2.45, 2.75) is 38.1 Å². The van der Waals surface area contributed by atoms with E-state index in [1.54, 1.807) is 7.11 Å². The number of benzene rings is 2. The molecule has 0 bridgehead atoms. The van der Waals surface area contributed by atoms with Gasteiger partial charge in [0.15, 0.2) is 11.5 Å². The number of fused-ring (bicyclic) bond motifs is 1. The van der Waals surface area contributed by atoms with Crippen LogP contribution in [0, 0.1) is 0 Å². The minimum Gasteiger partial charge on any atom is -0.491 e. The minimum absolute atomic E-state index is 0.631. The number of ether oxygens (including phenoxy) is 2. The molecule has 5 nitrogen and oxygen atoms in total. The van der Waals surface area contributed by atoms with E-state index in [1.807, 2.05) is 24.4 Å². The van der Waals surface area contributed by atoms with E-state index in [1.165, 1.54) is 37.5 Å². The lowest BCUT2D eigenvalue weighted by Gasteiger charge is -2.23. The number of nitrogens with one attached hydrogen (secondary N) is 3. The number of aromatic amines is 1. The van der Waals surface area contributed by atoms with Crippen LogP contribution in [0.5, 0.6) is 11.5 Å². The first kappa shape index (κ1) is 18.7. The fourth-order valence-corrected chi connectivity index (χ4v) is 3.96. The van der Waals surface area contributed by atoms with Gasteiger partial charge in [-0.1, -0.05) is 25.3 Å². The van der Waals surface area contributed by atoms with Crippen molar-refractivity contribution in [2.75, 3.05) is 25.6 Å². The first-order chi connectivity index (χ1) is 13.8. The third kappa shape index (κ3) is 4.42. The molecule has 2 aromatic carbocycles. The van der Waals surface area contributed by atoms with Gasteiger partial charge in [0, 0.05) is 35.4 Å². The van der Waals surface area contributed by atoms with E-state index in [0.717, 1.165) is 34.9 Å². The molecule has 0 unspecified atom stereocenters. The molecule has 0 spiro atoms. The van der Waals surface area contributed by atoms with Crippen LogP contribution in [-0.4, -0.2) is 31.3 Å². The molecule has 0 amide bonds. The predicted octanol–water partition coefficient (Wildman–Crippen LogP) is 5.22. The van der Waals surface area contributed by atoms with Crippen LogP contribution in [0.25, 0.3) is 10.9 Å². The summed E-state index contributed by atoms with van der Waals surface area (Å²) in [5.74, 6) is 1.50. The molecule has 0 radical (unpaired) electrons. The summed E-state index contributed by atoms with van der Waals surface area (Å²) in [6.45, 7) is 1.49. The molecule has 3 aromatic rings. The third-order valence-corrected chi connectivity index (χ3v) is 5.41. The van der Waals surface area contributed by atoms with Gasteiger partial charge in [0.2, 0.25) is 0 Å². The van der Waals surface area contributed by atoms with Gasteiger partial charge in [-0.2, -0.15) is 0 Å². The Labute approximate surface area is 166 Å². The summed E-state index contributed by atoms with van der Waals surface area (Å²) in [7, 11) is 1.68. The summed E-state index contributed by atoms with van der Waals surface area (Å²) in [5, 5.41) is 8.24. The Kier molecular flexibility index (Phi) is 6.02. The van der Waals surface area contributed by atoms with Crippen molar-refractivity contribution in [3.63, 3.8) is 0 Å². The maximum Gasteiger partial charge on any atom is 0.184 e. The van der Waals surface area contributed by atoms with E-state index in [0.29, 0.717) is 12.6 Å². The lowest BCUT2D eigenvalue weighted by Crippen LogP contribution is -2.34. The van der Waals surface area contributed by atoms with Gasteiger partial charge in [-0.05, 0) is 49.2 Å². The second-order valence-corrected chi connectivity index (χ2v) is 7.38. The van der Waals surface area contributed by atoms with Crippen molar-refractivity contribution < 1.29 is 9.47 Å². The van der Waals surface area contributed by atoms with Crippen molar-refractivity contribution in [3.8, 4) is 11.5 Å². The standard InChI is InChI=1S/C23H29N3O2/c1-27-23-21(26-19-10-11-20-17(16-19)12-13-25-20)8-5-9-22(23)28-15-14-24-18-6-3-2-4-7-18/h5,8-13,16,18,24-26H,2-4,6-7,14-15H2,1H3. The quantitative estimate of drug-likeness (QED) is 0.470. The summed E-state index contributed by atoms with van der Waals surface area (Å²) in [6.07, 6.45) is 8.58. The van der Waals surface area contributed by atoms with Gasteiger partial charge in [-0.15, -0.1) is 0 Å². The van der Waals surface area contributed by atoms with Crippen molar-refractivity contribution in [3.05, 3.63) is 48.7 Å². The molecule has 1 aliphatic carbocycles. The molecular formula is C23H29N3O2. The number of para-hydroxylation sites is 1. The molecule has 0 saturated heterocycles. The van der Waals surface area contributed by atoms with Crippen LogP contribution in [0.1, 0.15) is 32.1 Å². The third-order valence-electron chi connectivity index (χ3n) is 5.41. The van der Waals surface area contributed by atoms with Crippen LogP contribution >= 0.6 is 0 Å². The number of H-pyrrole nitrogens is 1. The van der Waals surface area contributed by atoms with Crippen molar-refractivity contribution in [1.29, 1.82) is 0 Å². The van der Waals surface area contributed by atoms with Crippen LogP contribution in [0.15, 0.2) is 48.7 Å². The lowest BCUT2D eigenvalue weighted by atomic mass is 9.96. The summed E-state index contributed by atoms with van der Waals surface area (Å²) in [4.78, 5) is 3.22. The molecular weight excluding hydrogens is 350 g/mol. The number of aromatic nitrogens is 1. The van der Waals surface area contributed by atoms with E-state index in [9.17, 15) is 0 Å². The smallest absolute Gasteiger partial charge is 0.184 e. The molecule has 1 aliphatic rings. The monoisotopic (exact) mass is 379 g/mol. The highest BCUT2D eigenvalue weighted by Crippen LogP contribution is 2.37. The SMILES string of the molecule is COc1c(Nc2ccc3[nH]ccc3c2)cccc1OCCNC1CCCCC1. The fourth-order valence-electron chi connectivity index (χ4n) is 3.96. The normalized spacial score (nSPS) is 14.9. The van der Waals surface area contributed by atoms with E-state index in [4.69, 9.17) is 9.47 Å². The fraction of sp³-hybridized carbons (Fsp3) is 0.391. The van der Waals surface area contributed by atoms with Gasteiger partial charge < -0.3 is 25.1 Å². The van der Waals surface area contributed by atoms with E-state index in [-0.39, 0.29) is 0 Å². The molecule has 5 heteroatoms. The van der Waals surface area contributed by atoms with Gasteiger partial charge in [0.25, 0.3) is 0 Å². The van der Waals surface area contributed by atoms with Crippen molar-refractivity contribution >= 4 is 22.3 Å². The van der Waals surface area contributed by atoms with Crippen LogP contribution in [0.3, 0.4) is 0 Å². The lowest BCUT2D eigenvalue weighted by molar-refractivity contribution is 0.276. The summed E-state index contributed by atoms with van der Waals surface area (Å²) in [5.41, 5.74) is 3.04. The Hall–Kier alpha value is -2.66. The highest BCUT2D eigenvalue weighted by molar-refractivity contribution is 5.84. The molecule has 1 aromatic heterocycles. The van der Waals surface area contributed by atoms with Gasteiger partial charge in [-0.25, -0.2) is 0 Å². The second kappa shape index (κ2) is 9.02. The Balaban J connectivity index is 1.39. The molecule has 0 aliphatic heterocycles. The average molecular weight is 380 g/mol. The van der Waals surface area contributed by atoms with Crippen molar-refractivity contribution in [1.82, 2.24) is 10.3 Å². The van der Waals surface area contributed by atoms with Gasteiger partial charge >= 0.3 is 0 Å². The molecule has 28 heavy (non-hydrogen) atoms. The zero-order valence-electron chi connectivity index (χ0n) is 16.5. The maximum absolute atomic E-state index is 6.02. The summed E-state index contributed by atoms with van der Waals surface area (Å²) in [6, 6.07) is 14.9. The van der Waals surface area contributed by atoms with Crippen molar-refractivity contribution in [2.24, 2.45) is 0 Å². The van der Waals surface area contributed by atoms with Crippen LogP contribution in [0.4, 0.5) is 11.4 Å². The molecule has 0 atom stereocenters. The van der Waals surface area contributed by atoms with Crippen LogP contribution in [-0.2, 0) is 0 Å². The van der Waals surface area contributed by atoms with E-state index in [2.05, 4.69) is 39.9 Å². The van der Waals surface area contributed by atoms with E-state index < -0.39 is 0 Å². The number of anilines is 2.